The highest BCUT2D eigenvalue weighted by atomic mass is 32.1. The molecule has 0 amide bonds. The van der Waals surface area contributed by atoms with Gasteiger partial charge in [-0.15, -0.1) is 11.3 Å². The highest BCUT2D eigenvalue weighted by Crippen LogP contribution is 2.36. The number of likely N-dealkylation sites (tertiary alicyclic amines) is 1. The number of piperidine rings is 1. The smallest absolute Gasteiger partial charge is 0.341 e. The van der Waals surface area contributed by atoms with Gasteiger partial charge < -0.3 is 15.0 Å². The van der Waals surface area contributed by atoms with Crippen LogP contribution < -0.4 is 5.32 Å². The van der Waals surface area contributed by atoms with Crippen molar-refractivity contribution < 1.29 is 9.53 Å². The zero-order valence-corrected chi connectivity index (χ0v) is 17.7. The summed E-state index contributed by atoms with van der Waals surface area (Å²) in [5.41, 5.74) is 1.62. The number of benzene rings is 1. The summed E-state index contributed by atoms with van der Waals surface area (Å²) in [6, 6.07) is 12.7. The average molecular weight is 403 g/mol. The molecule has 1 saturated heterocycles. The number of hydrogen-bond acceptors (Lipinski definition) is 4. The Bertz CT molecular complexity index is 794. The molecule has 2 heterocycles. The summed E-state index contributed by atoms with van der Waals surface area (Å²) in [6.45, 7) is 6.58. The molecule has 27 heavy (non-hydrogen) atoms. The van der Waals surface area contributed by atoms with E-state index in [1.807, 2.05) is 43.3 Å². The van der Waals surface area contributed by atoms with Gasteiger partial charge in [-0.3, -0.25) is 0 Å². The zero-order valence-electron chi connectivity index (χ0n) is 16.0. The van der Waals surface area contributed by atoms with Crippen molar-refractivity contribution in [2.45, 2.75) is 52.1 Å². The van der Waals surface area contributed by atoms with Crippen molar-refractivity contribution >= 4 is 39.6 Å². The number of esters is 1. The van der Waals surface area contributed by atoms with Gasteiger partial charge in [0.25, 0.3) is 0 Å². The third-order valence-corrected chi connectivity index (χ3v) is 6.35. The summed E-state index contributed by atoms with van der Waals surface area (Å²) in [4.78, 5) is 15.8. The van der Waals surface area contributed by atoms with E-state index >= 15 is 0 Å². The molecule has 4 nitrogen and oxygen atoms in total. The molecule has 0 unspecified atom stereocenters. The molecule has 1 aliphatic heterocycles. The number of anilines is 1. The molecule has 2 atom stereocenters. The number of ether oxygens (including phenoxy) is 1. The van der Waals surface area contributed by atoms with Crippen molar-refractivity contribution in [2.24, 2.45) is 0 Å². The Morgan fingerprint density at radius 1 is 1.26 bits per heavy atom. The second-order valence-corrected chi connectivity index (χ2v) is 8.35. The molecule has 1 aromatic carbocycles. The summed E-state index contributed by atoms with van der Waals surface area (Å²) >= 11 is 7.25. The fourth-order valence-corrected chi connectivity index (χ4v) is 5.15. The normalized spacial score (nSPS) is 19.6. The average Bonchev–Trinajstić information content (AvgIpc) is 3.06. The molecule has 0 saturated carbocycles. The predicted molar refractivity (Wildman–Crippen MR) is 117 cm³/mol. The van der Waals surface area contributed by atoms with Gasteiger partial charge in [0, 0.05) is 17.0 Å². The van der Waals surface area contributed by atoms with E-state index in [0.717, 1.165) is 28.3 Å². The minimum atomic E-state index is -0.319. The van der Waals surface area contributed by atoms with E-state index < -0.39 is 0 Å². The standard InChI is InChI=1S/C21H26N2O2S2/c1-4-25-20(24)17-13-18(16-11-6-5-7-12-16)27-19(17)22-21(26)23-14(2)9-8-10-15(23)3/h5-7,11-15H,4,8-10H2,1-3H3,(H,22,26)/t14-,15-/m0/s1. The van der Waals surface area contributed by atoms with Crippen LogP contribution in [-0.2, 0) is 4.74 Å². The Labute approximate surface area is 170 Å². The number of thiophene rings is 1. The van der Waals surface area contributed by atoms with Crippen LogP contribution >= 0.6 is 23.6 Å². The quantitative estimate of drug-likeness (QED) is 0.536. The lowest BCUT2D eigenvalue weighted by Crippen LogP contribution is -2.49. The highest BCUT2D eigenvalue weighted by Gasteiger charge is 2.28. The van der Waals surface area contributed by atoms with Crippen LogP contribution in [0, 0.1) is 0 Å². The minimum Gasteiger partial charge on any atom is -0.462 e. The topological polar surface area (TPSA) is 41.6 Å². The Hall–Kier alpha value is -1.92. The zero-order chi connectivity index (χ0) is 19.4. The Balaban J connectivity index is 1.89. The summed E-state index contributed by atoms with van der Waals surface area (Å²) in [5.74, 6) is -0.319. The molecular formula is C21H26N2O2S2. The molecule has 2 aromatic rings. The number of rotatable bonds is 4. The largest absolute Gasteiger partial charge is 0.462 e. The summed E-state index contributed by atoms with van der Waals surface area (Å²) in [7, 11) is 0. The second kappa shape index (κ2) is 8.85. The van der Waals surface area contributed by atoms with Gasteiger partial charge in [-0.1, -0.05) is 30.3 Å². The lowest BCUT2D eigenvalue weighted by atomic mass is 9.98. The van der Waals surface area contributed by atoms with E-state index in [-0.39, 0.29) is 5.97 Å². The van der Waals surface area contributed by atoms with Gasteiger partial charge in [0.1, 0.15) is 5.00 Å². The molecule has 1 aromatic heterocycles. The summed E-state index contributed by atoms with van der Waals surface area (Å²) in [5, 5.41) is 4.78. The molecule has 3 rings (SSSR count). The van der Waals surface area contributed by atoms with Crippen LogP contribution in [0.25, 0.3) is 10.4 Å². The van der Waals surface area contributed by atoms with Crippen LogP contribution in [0.1, 0.15) is 50.4 Å². The van der Waals surface area contributed by atoms with Crippen molar-refractivity contribution in [3.05, 3.63) is 42.0 Å². The first kappa shape index (κ1) is 19.8. The van der Waals surface area contributed by atoms with E-state index in [9.17, 15) is 4.79 Å². The number of nitrogens with zero attached hydrogens (tertiary/aromatic N) is 1. The molecule has 1 fully saturated rings. The second-order valence-electron chi connectivity index (χ2n) is 6.91. The molecule has 0 radical (unpaired) electrons. The van der Waals surface area contributed by atoms with Crippen molar-refractivity contribution in [1.29, 1.82) is 0 Å². The molecule has 1 aliphatic rings. The molecule has 1 N–H and O–H groups in total. The minimum absolute atomic E-state index is 0.319. The van der Waals surface area contributed by atoms with Gasteiger partial charge in [0.2, 0.25) is 0 Å². The summed E-state index contributed by atoms with van der Waals surface area (Å²) < 4.78 is 5.26. The third-order valence-electron chi connectivity index (χ3n) is 4.93. The first-order valence-corrected chi connectivity index (χ1v) is 10.7. The van der Waals surface area contributed by atoms with Crippen molar-refractivity contribution in [3.63, 3.8) is 0 Å². The Kier molecular flexibility index (Phi) is 6.50. The van der Waals surface area contributed by atoms with E-state index in [1.54, 1.807) is 0 Å². The maximum atomic E-state index is 12.5. The molecule has 6 heteroatoms. The number of thiocarbonyl (C=S) groups is 1. The fourth-order valence-electron chi connectivity index (χ4n) is 3.57. The van der Waals surface area contributed by atoms with Crippen molar-refractivity contribution in [1.82, 2.24) is 4.90 Å². The SMILES string of the molecule is CCOC(=O)c1cc(-c2ccccc2)sc1NC(=S)N1[C@@H](C)CCC[C@@H]1C. The van der Waals surface area contributed by atoms with Crippen molar-refractivity contribution in [2.75, 3.05) is 11.9 Å². The van der Waals surface area contributed by atoms with Gasteiger partial charge in [-0.25, -0.2) is 4.79 Å². The van der Waals surface area contributed by atoms with Crippen LogP contribution in [0.4, 0.5) is 5.00 Å². The number of carbonyl (C=O) groups is 1. The van der Waals surface area contributed by atoms with Crippen LogP contribution in [0.3, 0.4) is 0 Å². The lowest BCUT2D eigenvalue weighted by Gasteiger charge is -2.40. The first-order valence-electron chi connectivity index (χ1n) is 9.47. The fraction of sp³-hybridized carbons (Fsp3) is 0.429. The first-order chi connectivity index (χ1) is 13.0. The number of nitrogens with one attached hydrogen (secondary N) is 1. The molecular weight excluding hydrogens is 376 g/mol. The molecule has 0 bridgehead atoms. The molecule has 144 valence electrons. The van der Waals surface area contributed by atoms with Crippen LogP contribution in [0.5, 0.6) is 0 Å². The van der Waals surface area contributed by atoms with Crippen LogP contribution in [0.15, 0.2) is 36.4 Å². The molecule has 0 aliphatic carbocycles. The van der Waals surface area contributed by atoms with E-state index in [4.69, 9.17) is 17.0 Å². The van der Waals surface area contributed by atoms with Gasteiger partial charge in [0.05, 0.1) is 12.2 Å². The van der Waals surface area contributed by atoms with Gasteiger partial charge in [-0.2, -0.15) is 0 Å². The molecule has 0 spiro atoms. The van der Waals surface area contributed by atoms with E-state index in [0.29, 0.717) is 29.4 Å². The maximum absolute atomic E-state index is 12.5. The lowest BCUT2D eigenvalue weighted by molar-refractivity contribution is 0.0528. The van der Waals surface area contributed by atoms with Gasteiger partial charge in [-0.05, 0) is 63.9 Å². The number of carbonyl (C=O) groups excluding carboxylic acids is 1. The van der Waals surface area contributed by atoms with E-state index in [2.05, 4.69) is 24.1 Å². The van der Waals surface area contributed by atoms with Gasteiger partial charge in [0.15, 0.2) is 5.11 Å². The third kappa shape index (κ3) is 4.50. The van der Waals surface area contributed by atoms with Gasteiger partial charge >= 0.3 is 5.97 Å². The maximum Gasteiger partial charge on any atom is 0.341 e. The predicted octanol–water partition coefficient (Wildman–Crippen LogP) is 5.55. The highest BCUT2D eigenvalue weighted by molar-refractivity contribution is 7.80. The number of hydrogen-bond donors (Lipinski definition) is 1. The van der Waals surface area contributed by atoms with Crippen LogP contribution in [-0.4, -0.2) is 34.7 Å². The summed E-state index contributed by atoms with van der Waals surface area (Å²) in [6.07, 6.45) is 3.50. The Morgan fingerprint density at radius 3 is 2.56 bits per heavy atom. The van der Waals surface area contributed by atoms with E-state index in [1.165, 1.54) is 17.8 Å². The van der Waals surface area contributed by atoms with Crippen molar-refractivity contribution in [3.8, 4) is 10.4 Å². The monoisotopic (exact) mass is 402 g/mol. The Morgan fingerprint density at radius 2 is 1.93 bits per heavy atom. The van der Waals surface area contributed by atoms with Crippen LogP contribution in [0.2, 0.25) is 0 Å².